The Morgan fingerprint density at radius 2 is 1.25 bits per heavy atom. The van der Waals surface area contributed by atoms with Crippen LogP contribution in [0, 0.1) is 0 Å². The van der Waals surface area contributed by atoms with E-state index in [2.05, 4.69) is 21.0 Å². The van der Waals surface area contributed by atoms with Crippen molar-refractivity contribution in [1.82, 2.24) is 25.7 Å². The molecule has 2 saturated carbocycles. The van der Waals surface area contributed by atoms with E-state index in [1.807, 2.05) is 84.9 Å². The fourth-order valence-corrected chi connectivity index (χ4v) is 6.96. The number of carbonyl (C=O) groups is 3. The zero-order valence-corrected chi connectivity index (χ0v) is 29.8. The first-order chi connectivity index (χ1) is 25.4. The molecule has 4 atom stereocenters. The lowest BCUT2D eigenvalue weighted by Crippen LogP contribution is -2.48. The number of ether oxygens (including phenoxy) is 3. The van der Waals surface area contributed by atoms with Crippen molar-refractivity contribution in [1.29, 1.82) is 0 Å². The second kappa shape index (κ2) is 18.5. The van der Waals surface area contributed by atoms with Gasteiger partial charge in [0.2, 0.25) is 5.91 Å². The van der Waals surface area contributed by atoms with Gasteiger partial charge >= 0.3 is 0 Å². The van der Waals surface area contributed by atoms with Crippen molar-refractivity contribution in [3.05, 3.63) is 119 Å². The molecule has 1 aromatic heterocycles. The molecule has 0 spiro atoms. The first kappa shape index (κ1) is 36.8. The molecule has 1 heterocycles. The zero-order chi connectivity index (χ0) is 36.1. The van der Waals surface area contributed by atoms with Gasteiger partial charge in [0.1, 0.15) is 18.0 Å². The quantitative estimate of drug-likeness (QED) is 0.144. The summed E-state index contributed by atoms with van der Waals surface area (Å²) in [5, 5.41) is 13.7. The summed E-state index contributed by atoms with van der Waals surface area (Å²) in [6.45, 7) is 0.945. The van der Waals surface area contributed by atoms with Crippen molar-refractivity contribution in [3.63, 3.8) is 0 Å². The van der Waals surface area contributed by atoms with Gasteiger partial charge in [0, 0.05) is 12.6 Å². The Kier molecular flexibility index (Phi) is 13.1. The maximum atomic E-state index is 13.9. The van der Waals surface area contributed by atoms with Crippen molar-refractivity contribution >= 4 is 17.7 Å². The number of rotatable bonds is 15. The van der Waals surface area contributed by atoms with Crippen LogP contribution < -0.4 is 20.7 Å². The average Bonchev–Trinajstić information content (AvgIpc) is 3.61. The number of amides is 3. The van der Waals surface area contributed by atoms with E-state index < -0.39 is 11.8 Å². The predicted octanol–water partition coefficient (Wildman–Crippen LogP) is 5.72. The van der Waals surface area contributed by atoms with E-state index in [-0.39, 0.29) is 54.7 Å². The van der Waals surface area contributed by atoms with E-state index in [0.717, 1.165) is 73.8 Å². The summed E-state index contributed by atoms with van der Waals surface area (Å²) in [5.41, 5.74) is 3.21. The summed E-state index contributed by atoms with van der Waals surface area (Å²) in [4.78, 5) is 40.9. The van der Waals surface area contributed by atoms with Gasteiger partial charge in [-0.3, -0.25) is 14.4 Å². The number of nitrogens with zero attached hydrogens (tertiary/aromatic N) is 2. The van der Waals surface area contributed by atoms with Crippen LogP contribution in [0.2, 0.25) is 0 Å². The number of aromatic nitrogens is 2. The normalized spacial score (nSPS) is 20.1. The monoisotopic (exact) mass is 707 g/mol. The van der Waals surface area contributed by atoms with Crippen molar-refractivity contribution in [2.75, 3.05) is 7.11 Å². The molecule has 0 saturated heterocycles. The average molecular weight is 708 g/mol. The van der Waals surface area contributed by atoms with E-state index in [1.165, 1.54) is 10.7 Å². The molecule has 6 rings (SSSR count). The van der Waals surface area contributed by atoms with Crippen LogP contribution in [0.4, 0.5) is 0 Å². The molecule has 2 fully saturated rings. The summed E-state index contributed by atoms with van der Waals surface area (Å²) in [5.74, 6) is -0.441. The third-order valence-corrected chi connectivity index (χ3v) is 9.83. The molecule has 2 unspecified atom stereocenters. The molecule has 0 aliphatic heterocycles. The van der Waals surface area contributed by atoms with Crippen LogP contribution in [0.15, 0.2) is 91.0 Å². The fourth-order valence-electron chi connectivity index (χ4n) is 6.96. The number of hydrogen-bond donors (Lipinski definition) is 3. The Bertz CT molecular complexity index is 1750. The van der Waals surface area contributed by atoms with E-state index in [9.17, 15) is 14.4 Å². The molecular formula is C41H49N5O6. The van der Waals surface area contributed by atoms with Gasteiger partial charge in [-0.2, -0.15) is 5.10 Å². The van der Waals surface area contributed by atoms with Gasteiger partial charge in [-0.1, -0.05) is 98.5 Å². The van der Waals surface area contributed by atoms with Gasteiger partial charge < -0.3 is 30.2 Å². The summed E-state index contributed by atoms with van der Waals surface area (Å²) < 4.78 is 19.1. The third kappa shape index (κ3) is 10.3. The van der Waals surface area contributed by atoms with E-state index in [4.69, 9.17) is 14.2 Å². The van der Waals surface area contributed by atoms with Gasteiger partial charge in [0.05, 0.1) is 44.6 Å². The molecule has 11 heteroatoms. The molecule has 274 valence electrons. The fraction of sp³-hybridized carbons (Fsp3) is 0.415. The summed E-state index contributed by atoms with van der Waals surface area (Å²) in [6, 6.07) is 28.4. The van der Waals surface area contributed by atoms with Gasteiger partial charge in [0.15, 0.2) is 5.69 Å². The highest BCUT2D eigenvalue weighted by atomic mass is 16.5. The molecule has 3 amide bonds. The largest absolute Gasteiger partial charge is 0.497 e. The van der Waals surface area contributed by atoms with E-state index in [0.29, 0.717) is 13.2 Å². The number of carbonyl (C=O) groups excluding carboxylic acids is 3. The van der Waals surface area contributed by atoms with Crippen LogP contribution >= 0.6 is 0 Å². The Morgan fingerprint density at radius 3 is 1.83 bits per heavy atom. The second-order valence-corrected chi connectivity index (χ2v) is 13.6. The smallest absolute Gasteiger partial charge is 0.272 e. The molecule has 2 aliphatic carbocycles. The lowest BCUT2D eigenvalue weighted by Gasteiger charge is -2.32. The van der Waals surface area contributed by atoms with Crippen molar-refractivity contribution in [2.24, 2.45) is 0 Å². The summed E-state index contributed by atoms with van der Waals surface area (Å²) in [6.07, 6.45) is 6.93. The maximum Gasteiger partial charge on any atom is 0.272 e. The Morgan fingerprint density at radius 1 is 0.692 bits per heavy atom. The number of benzene rings is 3. The predicted molar refractivity (Wildman–Crippen MR) is 197 cm³/mol. The highest BCUT2D eigenvalue weighted by molar-refractivity contribution is 5.98. The molecule has 0 radical (unpaired) electrons. The minimum Gasteiger partial charge on any atom is -0.497 e. The van der Waals surface area contributed by atoms with Crippen LogP contribution in [0.3, 0.4) is 0 Å². The number of hydrogen-bond acceptors (Lipinski definition) is 7. The van der Waals surface area contributed by atoms with Crippen LogP contribution in [0.25, 0.3) is 0 Å². The lowest BCUT2D eigenvalue weighted by atomic mass is 9.92. The number of nitrogens with one attached hydrogen (secondary N) is 3. The topological polar surface area (TPSA) is 133 Å². The molecule has 3 N–H and O–H groups in total. The molecule has 11 nitrogen and oxygen atoms in total. The highest BCUT2D eigenvalue weighted by Gasteiger charge is 2.31. The van der Waals surface area contributed by atoms with Crippen LogP contribution in [0.1, 0.15) is 89.0 Å². The van der Waals surface area contributed by atoms with Crippen LogP contribution in [0.5, 0.6) is 5.75 Å². The minimum absolute atomic E-state index is 0.0497. The first-order valence-electron chi connectivity index (χ1n) is 18.4. The molecule has 2 aliphatic rings. The van der Waals surface area contributed by atoms with Crippen molar-refractivity contribution in [2.45, 2.75) is 102 Å². The zero-order valence-electron chi connectivity index (χ0n) is 29.8. The lowest BCUT2D eigenvalue weighted by molar-refractivity contribution is -0.124. The molecular weight excluding hydrogens is 658 g/mol. The molecule has 52 heavy (non-hydrogen) atoms. The summed E-state index contributed by atoms with van der Waals surface area (Å²) in [7, 11) is 1.60. The van der Waals surface area contributed by atoms with Crippen LogP contribution in [-0.2, 0) is 40.6 Å². The minimum atomic E-state index is -0.451. The van der Waals surface area contributed by atoms with Gasteiger partial charge in [-0.05, 0) is 54.5 Å². The van der Waals surface area contributed by atoms with Gasteiger partial charge in [0.25, 0.3) is 11.8 Å². The first-order valence-corrected chi connectivity index (χ1v) is 18.4. The van der Waals surface area contributed by atoms with Gasteiger partial charge in [-0.15, -0.1) is 0 Å². The number of methoxy groups -OCH3 is 1. The summed E-state index contributed by atoms with van der Waals surface area (Å²) >= 11 is 0. The Hall–Kier alpha value is -5.00. The van der Waals surface area contributed by atoms with Crippen molar-refractivity contribution < 1.29 is 28.6 Å². The van der Waals surface area contributed by atoms with Crippen molar-refractivity contribution in [3.8, 4) is 5.75 Å². The highest BCUT2D eigenvalue weighted by Crippen LogP contribution is 2.24. The SMILES string of the molecule is COc1ccc(CNC(=O)c2cc(C(=O)N[C@H]3CCCC[C@@H]3OCc3ccccc3)n(CC(=O)NC3CCCCC3OCc3ccccc3)n2)cc1. The second-order valence-electron chi connectivity index (χ2n) is 13.6. The Balaban J connectivity index is 1.15. The van der Waals surface area contributed by atoms with Crippen LogP contribution in [-0.4, -0.2) is 58.9 Å². The third-order valence-electron chi connectivity index (χ3n) is 9.83. The standard InChI is InChI=1S/C41H49N5O6/c1-50-32-22-20-29(21-23-32)25-42-40(48)35-24-36(41(49)44-34-17-9-11-19-38(34)52-28-31-14-6-3-7-15-31)46(45-35)26-39(47)43-33-16-8-10-18-37(33)51-27-30-12-4-2-5-13-30/h2-7,12-15,20-24,33-34,37-38H,8-11,16-19,25-28H2,1H3,(H,42,48)(H,43,47)(H,44,49)/t33?,34-,37?,38-/m0/s1. The van der Waals surface area contributed by atoms with E-state index in [1.54, 1.807) is 7.11 Å². The Labute approximate surface area is 305 Å². The molecule has 3 aromatic carbocycles. The molecule has 4 aromatic rings. The molecule has 0 bridgehead atoms. The maximum absolute atomic E-state index is 13.9. The van der Waals surface area contributed by atoms with Gasteiger partial charge in [-0.25, -0.2) is 4.68 Å². The van der Waals surface area contributed by atoms with E-state index >= 15 is 0 Å².